The molecule has 2 saturated heterocycles. The van der Waals surface area contributed by atoms with Gasteiger partial charge in [-0.15, -0.1) is 0 Å². The van der Waals surface area contributed by atoms with E-state index in [1.54, 1.807) is 9.80 Å². The van der Waals surface area contributed by atoms with Gasteiger partial charge in [-0.25, -0.2) is 4.79 Å². The number of amides is 5. The van der Waals surface area contributed by atoms with Crippen LogP contribution in [0.1, 0.15) is 72.6 Å². The first-order valence-corrected chi connectivity index (χ1v) is 12.1. The number of carbonyl (C=O) groups is 4. The van der Waals surface area contributed by atoms with E-state index in [1.807, 2.05) is 7.05 Å². The third kappa shape index (κ3) is 5.09. The third-order valence-electron chi connectivity index (χ3n) is 7.34. The standard InChI is InChI=1S/C24H40N4O4/c1-6-7-10-26(5)20(30)18-8-11-27(12-9-18)19(29)15-28-21(31)24(25-22(28)32)14-17(2)13-23(3,4)16-24/h17-18H,6-16H2,1-5H3,(H,25,32). The van der Waals surface area contributed by atoms with E-state index < -0.39 is 11.6 Å². The molecule has 5 amide bonds. The number of urea groups is 1. The predicted molar refractivity (Wildman–Crippen MR) is 122 cm³/mol. The first-order valence-electron chi connectivity index (χ1n) is 12.1. The number of hydrogen-bond donors (Lipinski definition) is 1. The highest BCUT2D eigenvalue weighted by atomic mass is 16.2. The Labute approximate surface area is 192 Å². The van der Waals surface area contributed by atoms with E-state index >= 15 is 0 Å². The molecule has 3 aliphatic rings. The van der Waals surface area contributed by atoms with Crippen LogP contribution < -0.4 is 5.32 Å². The molecule has 180 valence electrons. The summed E-state index contributed by atoms with van der Waals surface area (Å²) in [7, 11) is 1.84. The van der Waals surface area contributed by atoms with Crippen molar-refractivity contribution < 1.29 is 19.2 Å². The van der Waals surface area contributed by atoms with Crippen molar-refractivity contribution in [2.75, 3.05) is 33.2 Å². The Kier molecular flexibility index (Phi) is 7.20. The number of nitrogens with one attached hydrogen (secondary N) is 1. The second kappa shape index (κ2) is 9.40. The van der Waals surface area contributed by atoms with Crippen LogP contribution in [0.5, 0.6) is 0 Å². The molecule has 2 unspecified atom stereocenters. The summed E-state index contributed by atoms with van der Waals surface area (Å²) in [6, 6.07) is -0.462. The summed E-state index contributed by atoms with van der Waals surface area (Å²) in [6.45, 7) is 9.97. The molecule has 8 heteroatoms. The highest BCUT2D eigenvalue weighted by Crippen LogP contribution is 2.46. The fourth-order valence-electron chi connectivity index (χ4n) is 6.08. The molecule has 2 heterocycles. The van der Waals surface area contributed by atoms with E-state index in [0.717, 1.165) is 30.7 Å². The highest BCUT2D eigenvalue weighted by Gasteiger charge is 2.56. The van der Waals surface area contributed by atoms with Gasteiger partial charge >= 0.3 is 6.03 Å². The Morgan fingerprint density at radius 3 is 2.41 bits per heavy atom. The molecule has 32 heavy (non-hydrogen) atoms. The van der Waals surface area contributed by atoms with Crippen molar-refractivity contribution >= 4 is 23.8 Å². The predicted octanol–water partition coefficient (Wildman–Crippen LogP) is 2.62. The molecule has 3 fully saturated rings. The topological polar surface area (TPSA) is 90.0 Å². The van der Waals surface area contributed by atoms with Gasteiger partial charge in [-0.3, -0.25) is 19.3 Å². The van der Waals surface area contributed by atoms with Crippen LogP contribution in [-0.4, -0.2) is 77.2 Å². The van der Waals surface area contributed by atoms with Gasteiger partial charge in [0.15, 0.2) is 0 Å². The first-order chi connectivity index (χ1) is 15.0. The van der Waals surface area contributed by atoms with Crippen LogP contribution in [0.3, 0.4) is 0 Å². The summed E-state index contributed by atoms with van der Waals surface area (Å²) < 4.78 is 0. The minimum absolute atomic E-state index is 0.0423. The summed E-state index contributed by atoms with van der Waals surface area (Å²) in [5.74, 6) is -0.0786. The van der Waals surface area contributed by atoms with Gasteiger partial charge in [0.05, 0.1) is 0 Å². The van der Waals surface area contributed by atoms with Gasteiger partial charge in [0, 0.05) is 32.6 Å². The molecule has 1 N–H and O–H groups in total. The second-order valence-electron chi connectivity index (χ2n) is 11.0. The number of nitrogens with zero attached hydrogens (tertiary/aromatic N) is 3. The normalized spacial score (nSPS) is 28.2. The zero-order chi connectivity index (χ0) is 23.7. The number of piperidine rings is 1. The zero-order valence-corrected chi connectivity index (χ0v) is 20.4. The van der Waals surface area contributed by atoms with Gasteiger partial charge in [-0.2, -0.15) is 0 Å². The van der Waals surface area contributed by atoms with E-state index in [2.05, 4.69) is 33.0 Å². The van der Waals surface area contributed by atoms with E-state index in [1.165, 1.54) is 0 Å². The van der Waals surface area contributed by atoms with Crippen molar-refractivity contribution in [1.29, 1.82) is 0 Å². The van der Waals surface area contributed by atoms with Crippen LogP contribution in [0.25, 0.3) is 0 Å². The van der Waals surface area contributed by atoms with Crippen molar-refractivity contribution in [3.05, 3.63) is 0 Å². The van der Waals surface area contributed by atoms with Crippen LogP contribution >= 0.6 is 0 Å². The van der Waals surface area contributed by atoms with Crippen LogP contribution in [0.2, 0.25) is 0 Å². The lowest BCUT2D eigenvalue weighted by Gasteiger charge is -2.43. The van der Waals surface area contributed by atoms with Crippen LogP contribution in [0.4, 0.5) is 4.79 Å². The zero-order valence-electron chi connectivity index (χ0n) is 20.4. The highest BCUT2D eigenvalue weighted by molar-refractivity contribution is 6.09. The van der Waals surface area contributed by atoms with Crippen molar-refractivity contribution in [3.8, 4) is 0 Å². The SMILES string of the molecule is CCCCN(C)C(=O)C1CCN(C(=O)CN2C(=O)NC3(CC(C)CC(C)(C)C3)C2=O)CC1. The summed E-state index contributed by atoms with van der Waals surface area (Å²) >= 11 is 0. The molecule has 0 radical (unpaired) electrons. The molecule has 3 rings (SSSR count). The maximum absolute atomic E-state index is 13.3. The van der Waals surface area contributed by atoms with E-state index in [4.69, 9.17) is 0 Å². The summed E-state index contributed by atoms with van der Waals surface area (Å²) in [4.78, 5) is 56.1. The lowest BCUT2D eigenvalue weighted by Crippen LogP contribution is -2.54. The molecule has 0 aromatic rings. The Hall–Kier alpha value is -2.12. The Balaban J connectivity index is 1.56. The first kappa shape index (κ1) is 24.5. The summed E-state index contributed by atoms with van der Waals surface area (Å²) in [6.07, 6.45) is 5.50. The van der Waals surface area contributed by atoms with Gasteiger partial charge in [0.1, 0.15) is 12.1 Å². The molecular weight excluding hydrogens is 408 g/mol. The minimum atomic E-state index is -0.888. The van der Waals surface area contributed by atoms with E-state index in [9.17, 15) is 19.2 Å². The number of hydrogen-bond acceptors (Lipinski definition) is 4. The molecule has 8 nitrogen and oxygen atoms in total. The maximum atomic E-state index is 13.3. The molecule has 1 spiro atoms. The van der Waals surface area contributed by atoms with E-state index in [0.29, 0.717) is 44.7 Å². The molecule has 1 saturated carbocycles. The fourth-order valence-corrected chi connectivity index (χ4v) is 6.08. The van der Waals surface area contributed by atoms with Gasteiger partial charge in [0.2, 0.25) is 11.8 Å². The van der Waals surface area contributed by atoms with Gasteiger partial charge in [0.25, 0.3) is 5.91 Å². The smallest absolute Gasteiger partial charge is 0.325 e. The average Bonchev–Trinajstić information content (AvgIpc) is 2.93. The number of carbonyl (C=O) groups excluding carboxylic acids is 4. The van der Waals surface area contributed by atoms with Crippen molar-refractivity contribution in [3.63, 3.8) is 0 Å². The summed E-state index contributed by atoms with van der Waals surface area (Å²) in [5, 5.41) is 2.93. The fraction of sp³-hybridized carbons (Fsp3) is 0.833. The van der Waals surface area contributed by atoms with Crippen LogP contribution in [0.15, 0.2) is 0 Å². The largest absolute Gasteiger partial charge is 0.346 e. The lowest BCUT2D eigenvalue weighted by atomic mass is 9.64. The molecule has 2 atom stereocenters. The molecule has 0 aromatic carbocycles. The van der Waals surface area contributed by atoms with Gasteiger partial charge in [-0.1, -0.05) is 34.1 Å². The van der Waals surface area contributed by atoms with E-state index in [-0.39, 0.29) is 35.6 Å². The number of imide groups is 1. The Morgan fingerprint density at radius 1 is 1.16 bits per heavy atom. The van der Waals surface area contributed by atoms with Gasteiger partial charge < -0.3 is 15.1 Å². The lowest BCUT2D eigenvalue weighted by molar-refractivity contribution is -0.143. The van der Waals surface area contributed by atoms with Gasteiger partial charge in [-0.05, 0) is 49.9 Å². The molecule has 0 aromatic heterocycles. The quantitative estimate of drug-likeness (QED) is 0.633. The molecular formula is C24H40N4O4. The Bertz CT molecular complexity index is 759. The number of likely N-dealkylation sites (tertiary alicyclic amines) is 1. The molecule has 2 aliphatic heterocycles. The second-order valence-corrected chi connectivity index (χ2v) is 11.0. The monoisotopic (exact) mass is 448 g/mol. The van der Waals surface area contributed by atoms with Crippen LogP contribution in [-0.2, 0) is 14.4 Å². The number of rotatable bonds is 6. The molecule has 1 aliphatic carbocycles. The third-order valence-corrected chi connectivity index (χ3v) is 7.34. The van der Waals surface area contributed by atoms with Crippen LogP contribution in [0, 0.1) is 17.3 Å². The number of unbranched alkanes of at least 4 members (excludes halogenated alkanes) is 1. The Morgan fingerprint density at radius 2 is 1.81 bits per heavy atom. The van der Waals surface area contributed by atoms with Crippen molar-refractivity contribution in [2.24, 2.45) is 17.3 Å². The summed E-state index contributed by atoms with van der Waals surface area (Å²) in [5.41, 5.74) is -0.930. The minimum Gasteiger partial charge on any atom is -0.346 e. The van der Waals surface area contributed by atoms with Crippen molar-refractivity contribution in [2.45, 2.75) is 78.2 Å². The molecule has 0 bridgehead atoms. The van der Waals surface area contributed by atoms with Crippen molar-refractivity contribution in [1.82, 2.24) is 20.0 Å². The average molecular weight is 449 g/mol. The maximum Gasteiger partial charge on any atom is 0.325 e.